The molecule has 0 aliphatic carbocycles. The third kappa shape index (κ3) is 5.61. The second-order valence-corrected chi connectivity index (χ2v) is 4.32. The van der Waals surface area contributed by atoms with Crippen LogP contribution in [0.1, 0.15) is 20.8 Å². The molecule has 90 valence electrons. The van der Waals surface area contributed by atoms with E-state index in [1.807, 2.05) is 0 Å². The molecule has 0 spiro atoms. The van der Waals surface area contributed by atoms with E-state index in [1.54, 1.807) is 20.8 Å². The van der Waals surface area contributed by atoms with Crippen molar-refractivity contribution in [3.8, 4) is 0 Å². The van der Waals surface area contributed by atoms with Crippen LogP contribution < -0.4 is 5.32 Å². The number of hydrogen-bond acceptors (Lipinski definition) is 3. The summed E-state index contributed by atoms with van der Waals surface area (Å²) in [6.45, 7) is 3.79. The van der Waals surface area contributed by atoms with Crippen molar-refractivity contribution in [1.29, 1.82) is 0 Å². The highest BCUT2D eigenvalue weighted by Crippen LogP contribution is 2.22. The Morgan fingerprint density at radius 3 is 2.07 bits per heavy atom. The molecular formula is C9H16F3NO2. The van der Waals surface area contributed by atoms with Crippen molar-refractivity contribution in [2.75, 3.05) is 13.7 Å². The van der Waals surface area contributed by atoms with Gasteiger partial charge < -0.3 is 4.74 Å². The number of rotatable bonds is 3. The summed E-state index contributed by atoms with van der Waals surface area (Å²) < 4.78 is 40.3. The Kier molecular flexibility index (Phi) is 4.58. The number of ether oxygens (including phenoxy) is 1. The maximum Gasteiger partial charge on any atom is 0.401 e. The maximum absolute atomic E-state index is 12.0. The van der Waals surface area contributed by atoms with Crippen LogP contribution in [0.4, 0.5) is 13.2 Å². The number of methoxy groups -OCH3 is 1. The SMILES string of the molecule is COC(=O)C(NCC(F)(F)F)C(C)(C)C. The first-order chi connectivity index (χ1) is 6.58. The molecule has 0 radical (unpaired) electrons. The van der Waals surface area contributed by atoms with Gasteiger partial charge in [-0.2, -0.15) is 13.2 Å². The zero-order chi connectivity index (χ0) is 12.3. The van der Waals surface area contributed by atoms with E-state index < -0.39 is 30.1 Å². The summed E-state index contributed by atoms with van der Waals surface area (Å²) >= 11 is 0. The molecule has 0 fully saturated rings. The molecule has 0 saturated heterocycles. The standard InChI is InChI=1S/C9H16F3NO2/c1-8(2,3)6(7(14)15-4)13-5-9(10,11)12/h6,13H,5H2,1-4H3. The fraction of sp³-hybridized carbons (Fsp3) is 0.889. The lowest BCUT2D eigenvalue weighted by Gasteiger charge is -2.29. The lowest BCUT2D eigenvalue weighted by atomic mass is 9.87. The average Bonchev–Trinajstić information content (AvgIpc) is 1.99. The highest BCUT2D eigenvalue weighted by Gasteiger charge is 2.36. The molecule has 0 heterocycles. The zero-order valence-corrected chi connectivity index (χ0v) is 9.23. The van der Waals surface area contributed by atoms with Crippen molar-refractivity contribution in [1.82, 2.24) is 5.32 Å². The molecule has 0 bridgehead atoms. The topological polar surface area (TPSA) is 38.3 Å². The monoisotopic (exact) mass is 227 g/mol. The summed E-state index contributed by atoms with van der Waals surface area (Å²) in [4.78, 5) is 11.2. The Morgan fingerprint density at radius 2 is 1.80 bits per heavy atom. The minimum atomic E-state index is -4.34. The smallest absolute Gasteiger partial charge is 0.401 e. The molecule has 1 unspecified atom stereocenters. The number of halogens is 3. The van der Waals surface area contributed by atoms with Gasteiger partial charge in [-0.25, -0.2) is 0 Å². The predicted molar refractivity (Wildman–Crippen MR) is 49.3 cm³/mol. The van der Waals surface area contributed by atoms with E-state index in [-0.39, 0.29) is 0 Å². The lowest BCUT2D eigenvalue weighted by Crippen LogP contribution is -2.50. The van der Waals surface area contributed by atoms with Crippen LogP contribution in [-0.2, 0) is 9.53 Å². The summed E-state index contributed by atoms with van der Waals surface area (Å²) in [6, 6.07) is -0.968. The van der Waals surface area contributed by atoms with Crippen molar-refractivity contribution in [2.24, 2.45) is 5.41 Å². The molecule has 0 aliphatic heterocycles. The molecule has 0 aromatic carbocycles. The molecular weight excluding hydrogens is 211 g/mol. The van der Waals surface area contributed by atoms with Gasteiger partial charge in [0, 0.05) is 0 Å². The van der Waals surface area contributed by atoms with E-state index in [1.165, 1.54) is 0 Å². The predicted octanol–water partition coefficient (Wildman–Crippen LogP) is 1.73. The Morgan fingerprint density at radius 1 is 1.33 bits per heavy atom. The Hall–Kier alpha value is -0.780. The second kappa shape index (κ2) is 4.83. The fourth-order valence-corrected chi connectivity index (χ4v) is 1.08. The van der Waals surface area contributed by atoms with Crippen LogP contribution in [0.25, 0.3) is 0 Å². The fourth-order valence-electron chi connectivity index (χ4n) is 1.08. The first-order valence-corrected chi connectivity index (χ1v) is 4.46. The highest BCUT2D eigenvalue weighted by molar-refractivity contribution is 5.76. The quantitative estimate of drug-likeness (QED) is 0.746. The summed E-state index contributed by atoms with van der Waals surface area (Å²) in [5.74, 6) is -0.688. The number of hydrogen-bond donors (Lipinski definition) is 1. The van der Waals surface area contributed by atoms with Crippen LogP contribution in [0.2, 0.25) is 0 Å². The summed E-state index contributed by atoms with van der Waals surface area (Å²) in [5, 5.41) is 2.15. The molecule has 0 rings (SSSR count). The van der Waals surface area contributed by atoms with Crippen molar-refractivity contribution in [3.63, 3.8) is 0 Å². The lowest BCUT2D eigenvalue weighted by molar-refractivity contribution is -0.150. The first-order valence-electron chi connectivity index (χ1n) is 4.46. The van der Waals surface area contributed by atoms with Crippen LogP contribution in [0.15, 0.2) is 0 Å². The van der Waals surface area contributed by atoms with Gasteiger partial charge in [-0.05, 0) is 5.41 Å². The van der Waals surface area contributed by atoms with E-state index in [0.717, 1.165) is 7.11 Å². The molecule has 15 heavy (non-hydrogen) atoms. The van der Waals surface area contributed by atoms with Crippen LogP contribution in [-0.4, -0.2) is 31.8 Å². The largest absolute Gasteiger partial charge is 0.468 e. The van der Waals surface area contributed by atoms with Crippen molar-refractivity contribution < 1.29 is 22.7 Å². The van der Waals surface area contributed by atoms with Crippen LogP contribution >= 0.6 is 0 Å². The molecule has 0 amide bonds. The van der Waals surface area contributed by atoms with Gasteiger partial charge in [-0.1, -0.05) is 20.8 Å². The normalized spacial score (nSPS) is 14.9. The molecule has 0 aromatic heterocycles. The number of alkyl halides is 3. The van der Waals surface area contributed by atoms with Gasteiger partial charge in [0.15, 0.2) is 0 Å². The molecule has 0 aliphatic rings. The Balaban J connectivity index is 4.48. The minimum absolute atomic E-state index is 0.627. The average molecular weight is 227 g/mol. The molecule has 1 N–H and O–H groups in total. The van der Waals surface area contributed by atoms with Crippen molar-refractivity contribution in [3.05, 3.63) is 0 Å². The number of carbonyl (C=O) groups is 1. The van der Waals surface area contributed by atoms with Gasteiger partial charge in [-0.15, -0.1) is 0 Å². The van der Waals surface area contributed by atoms with Crippen LogP contribution in [0, 0.1) is 5.41 Å². The van der Waals surface area contributed by atoms with E-state index in [4.69, 9.17) is 0 Å². The van der Waals surface area contributed by atoms with Crippen molar-refractivity contribution in [2.45, 2.75) is 33.0 Å². The number of nitrogens with one attached hydrogen (secondary N) is 1. The minimum Gasteiger partial charge on any atom is -0.468 e. The first kappa shape index (κ1) is 14.2. The molecule has 3 nitrogen and oxygen atoms in total. The van der Waals surface area contributed by atoms with E-state index in [2.05, 4.69) is 10.1 Å². The molecule has 1 atom stereocenters. The third-order valence-corrected chi connectivity index (χ3v) is 1.81. The van der Waals surface area contributed by atoms with Gasteiger partial charge in [0.2, 0.25) is 0 Å². The Bertz CT molecular complexity index is 220. The van der Waals surface area contributed by atoms with Crippen LogP contribution in [0.5, 0.6) is 0 Å². The van der Waals surface area contributed by atoms with Gasteiger partial charge in [0.05, 0.1) is 13.7 Å². The van der Waals surface area contributed by atoms with Crippen LogP contribution in [0.3, 0.4) is 0 Å². The van der Waals surface area contributed by atoms with Gasteiger partial charge >= 0.3 is 12.1 Å². The van der Waals surface area contributed by atoms with E-state index >= 15 is 0 Å². The summed E-state index contributed by atoms with van der Waals surface area (Å²) in [7, 11) is 1.15. The summed E-state index contributed by atoms with van der Waals surface area (Å²) in [6.07, 6.45) is -4.34. The number of carbonyl (C=O) groups excluding carboxylic acids is 1. The van der Waals surface area contributed by atoms with Gasteiger partial charge in [-0.3, -0.25) is 10.1 Å². The number of esters is 1. The molecule has 0 saturated carbocycles. The third-order valence-electron chi connectivity index (χ3n) is 1.81. The zero-order valence-electron chi connectivity index (χ0n) is 9.23. The maximum atomic E-state index is 12.0. The highest BCUT2D eigenvalue weighted by atomic mass is 19.4. The van der Waals surface area contributed by atoms with E-state index in [0.29, 0.717) is 0 Å². The Labute approximate surface area is 87.0 Å². The van der Waals surface area contributed by atoms with Gasteiger partial charge in [0.1, 0.15) is 6.04 Å². The second-order valence-electron chi connectivity index (χ2n) is 4.32. The van der Waals surface area contributed by atoms with Gasteiger partial charge in [0.25, 0.3) is 0 Å². The van der Waals surface area contributed by atoms with E-state index in [9.17, 15) is 18.0 Å². The summed E-state index contributed by atoms with van der Waals surface area (Å²) in [5.41, 5.74) is -0.627. The molecule has 6 heteroatoms. The molecule has 0 aromatic rings. The van der Waals surface area contributed by atoms with Crippen molar-refractivity contribution >= 4 is 5.97 Å².